The Balaban J connectivity index is 2.10. The van der Waals surface area contributed by atoms with Gasteiger partial charge in [-0.2, -0.15) is 0 Å². The molecule has 2 aromatic rings. The molecule has 6 nitrogen and oxygen atoms in total. The summed E-state index contributed by atoms with van der Waals surface area (Å²) in [6.07, 6.45) is 1.91. The van der Waals surface area contributed by atoms with Gasteiger partial charge in [-0.25, -0.2) is 0 Å². The van der Waals surface area contributed by atoms with Crippen molar-refractivity contribution in [2.75, 3.05) is 11.9 Å². The molecule has 0 bridgehead atoms. The lowest BCUT2D eigenvalue weighted by Gasteiger charge is -2.13. The molecule has 0 aliphatic heterocycles. The number of primary amides is 1. The van der Waals surface area contributed by atoms with Crippen molar-refractivity contribution in [3.05, 3.63) is 45.8 Å². The minimum absolute atomic E-state index is 0.0899. The highest BCUT2D eigenvalue weighted by Crippen LogP contribution is 2.32. The average Bonchev–Trinajstić information content (AvgIpc) is 2.89. The molecule has 0 aliphatic rings. The molecule has 0 saturated heterocycles. The summed E-state index contributed by atoms with van der Waals surface area (Å²) < 4.78 is 5.68. The summed E-state index contributed by atoms with van der Waals surface area (Å²) in [5.41, 5.74) is 7.04. The zero-order chi connectivity index (χ0) is 20.0. The highest BCUT2D eigenvalue weighted by atomic mass is 32.1. The first-order valence-corrected chi connectivity index (χ1v) is 9.81. The predicted molar refractivity (Wildman–Crippen MR) is 113 cm³/mol. The van der Waals surface area contributed by atoms with E-state index in [-0.39, 0.29) is 11.0 Å². The Morgan fingerprint density at radius 1 is 1.26 bits per heavy atom. The van der Waals surface area contributed by atoms with E-state index < -0.39 is 5.91 Å². The van der Waals surface area contributed by atoms with Crippen LogP contribution in [0, 0.1) is 13.8 Å². The number of benzene rings is 1. The summed E-state index contributed by atoms with van der Waals surface area (Å²) in [6, 6.07) is 6.99. The van der Waals surface area contributed by atoms with Crippen LogP contribution in [0.1, 0.15) is 50.9 Å². The quantitative estimate of drug-likeness (QED) is 0.482. The Hall–Kier alpha value is -2.45. The molecule has 1 heterocycles. The molecule has 2 amide bonds. The molecule has 4 N–H and O–H groups in total. The maximum atomic E-state index is 12.6. The van der Waals surface area contributed by atoms with Crippen LogP contribution in [0.15, 0.2) is 24.3 Å². The molecule has 0 unspecified atom stereocenters. The monoisotopic (exact) mass is 405 g/mol. The van der Waals surface area contributed by atoms with Crippen LogP contribution >= 0.6 is 23.6 Å². The number of ether oxygens (including phenoxy) is 1. The van der Waals surface area contributed by atoms with Crippen molar-refractivity contribution in [1.29, 1.82) is 0 Å². The van der Waals surface area contributed by atoms with Crippen LogP contribution in [0.5, 0.6) is 5.75 Å². The van der Waals surface area contributed by atoms with E-state index in [1.54, 1.807) is 18.2 Å². The minimum Gasteiger partial charge on any atom is -0.493 e. The predicted octanol–water partition coefficient (Wildman–Crippen LogP) is 3.77. The van der Waals surface area contributed by atoms with Gasteiger partial charge in [-0.05, 0) is 50.2 Å². The number of nitrogens with two attached hydrogens (primary N) is 1. The number of anilines is 1. The van der Waals surface area contributed by atoms with Gasteiger partial charge in [-0.1, -0.05) is 25.5 Å². The van der Waals surface area contributed by atoms with E-state index in [4.69, 9.17) is 22.7 Å². The molecule has 1 aromatic heterocycles. The number of hydrogen-bond donors (Lipinski definition) is 3. The Morgan fingerprint density at radius 3 is 2.63 bits per heavy atom. The summed E-state index contributed by atoms with van der Waals surface area (Å²) in [4.78, 5) is 25.2. The SMILES string of the molecule is CCCCOc1ccccc1C(=O)NC(=S)Nc1sc(C)c(C)c1C(N)=O. The summed E-state index contributed by atoms with van der Waals surface area (Å²) >= 11 is 6.59. The number of thiophene rings is 1. The van der Waals surface area contributed by atoms with Gasteiger partial charge in [0.25, 0.3) is 11.8 Å². The molecular formula is C19H23N3O3S2. The lowest BCUT2D eigenvalue weighted by Crippen LogP contribution is -2.34. The summed E-state index contributed by atoms with van der Waals surface area (Å²) in [6.45, 7) is 6.32. The third kappa shape index (κ3) is 5.27. The molecule has 144 valence electrons. The highest BCUT2D eigenvalue weighted by Gasteiger charge is 2.19. The molecule has 0 spiro atoms. The molecule has 8 heteroatoms. The number of rotatable bonds is 7. The molecule has 0 saturated carbocycles. The lowest BCUT2D eigenvalue weighted by molar-refractivity contribution is 0.0971. The van der Waals surface area contributed by atoms with E-state index in [1.165, 1.54) is 11.3 Å². The zero-order valence-electron chi connectivity index (χ0n) is 15.5. The first-order valence-electron chi connectivity index (χ1n) is 8.59. The maximum absolute atomic E-state index is 12.6. The first kappa shape index (κ1) is 20.9. The number of thiocarbonyl (C=S) groups is 1. The van der Waals surface area contributed by atoms with Crippen molar-refractivity contribution in [3.8, 4) is 5.75 Å². The van der Waals surface area contributed by atoms with E-state index >= 15 is 0 Å². The van der Waals surface area contributed by atoms with E-state index in [2.05, 4.69) is 17.6 Å². The van der Waals surface area contributed by atoms with E-state index in [0.717, 1.165) is 23.3 Å². The number of aryl methyl sites for hydroxylation is 1. The van der Waals surface area contributed by atoms with E-state index in [9.17, 15) is 9.59 Å². The normalized spacial score (nSPS) is 10.3. The first-order chi connectivity index (χ1) is 12.8. The summed E-state index contributed by atoms with van der Waals surface area (Å²) in [7, 11) is 0. The minimum atomic E-state index is -0.539. The number of carbonyl (C=O) groups is 2. The Kier molecular flexibility index (Phi) is 7.32. The van der Waals surface area contributed by atoms with Gasteiger partial charge in [0.2, 0.25) is 0 Å². The van der Waals surface area contributed by atoms with E-state index in [1.807, 2.05) is 19.9 Å². The second-order valence-electron chi connectivity index (χ2n) is 5.96. The highest BCUT2D eigenvalue weighted by molar-refractivity contribution is 7.80. The smallest absolute Gasteiger partial charge is 0.261 e. The fraction of sp³-hybridized carbons (Fsp3) is 0.316. The third-order valence-electron chi connectivity index (χ3n) is 3.97. The Morgan fingerprint density at radius 2 is 1.96 bits per heavy atom. The molecule has 0 aliphatic carbocycles. The standard InChI is InChI=1S/C19H23N3O3S2/c1-4-5-10-25-14-9-7-6-8-13(14)17(24)21-19(26)22-18-15(16(20)23)11(2)12(3)27-18/h6-9H,4-5,10H2,1-3H3,(H2,20,23)(H2,21,22,24,26). The van der Waals surface area contributed by atoms with Gasteiger partial charge in [0, 0.05) is 4.88 Å². The summed E-state index contributed by atoms with van der Waals surface area (Å²) in [5.74, 6) is -0.416. The molecule has 1 aromatic carbocycles. The number of hydrogen-bond acceptors (Lipinski definition) is 5. The number of amides is 2. The average molecular weight is 406 g/mol. The largest absolute Gasteiger partial charge is 0.493 e. The van der Waals surface area contributed by atoms with Crippen molar-refractivity contribution in [2.45, 2.75) is 33.6 Å². The van der Waals surface area contributed by atoms with Gasteiger partial charge in [0.1, 0.15) is 10.8 Å². The molecule has 0 atom stereocenters. The van der Waals surface area contributed by atoms with Crippen molar-refractivity contribution < 1.29 is 14.3 Å². The second-order valence-corrected chi connectivity index (χ2v) is 7.59. The van der Waals surface area contributed by atoms with Crippen LogP contribution in [0.3, 0.4) is 0 Å². The molecule has 27 heavy (non-hydrogen) atoms. The fourth-order valence-corrected chi connectivity index (χ4v) is 3.75. The fourth-order valence-electron chi connectivity index (χ4n) is 2.42. The number of unbranched alkanes of at least 4 members (excludes halogenated alkanes) is 1. The van der Waals surface area contributed by atoms with Crippen LogP contribution in [0.4, 0.5) is 5.00 Å². The molecule has 2 rings (SSSR count). The second kappa shape index (κ2) is 9.48. The van der Waals surface area contributed by atoms with Crippen LogP contribution in [0.25, 0.3) is 0 Å². The van der Waals surface area contributed by atoms with Gasteiger partial charge in [0.15, 0.2) is 5.11 Å². The van der Waals surface area contributed by atoms with Gasteiger partial charge in [0.05, 0.1) is 17.7 Å². The van der Waals surface area contributed by atoms with Crippen LogP contribution in [0.2, 0.25) is 0 Å². The summed E-state index contributed by atoms with van der Waals surface area (Å²) in [5, 5.41) is 6.14. The van der Waals surface area contributed by atoms with E-state index in [0.29, 0.717) is 28.5 Å². The van der Waals surface area contributed by atoms with Gasteiger partial charge in [-0.3, -0.25) is 14.9 Å². The van der Waals surface area contributed by atoms with Crippen molar-refractivity contribution in [2.24, 2.45) is 5.73 Å². The molecule has 0 radical (unpaired) electrons. The number of para-hydroxylation sites is 1. The zero-order valence-corrected chi connectivity index (χ0v) is 17.2. The van der Waals surface area contributed by atoms with Gasteiger partial charge < -0.3 is 15.8 Å². The maximum Gasteiger partial charge on any atom is 0.261 e. The van der Waals surface area contributed by atoms with Crippen LogP contribution in [-0.2, 0) is 0 Å². The lowest BCUT2D eigenvalue weighted by atomic mass is 10.1. The van der Waals surface area contributed by atoms with Gasteiger partial charge in [-0.15, -0.1) is 11.3 Å². The Labute approximate surface area is 168 Å². The van der Waals surface area contributed by atoms with Crippen LogP contribution < -0.4 is 21.1 Å². The van der Waals surface area contributed by atoms with Crippen molar-refractivity contribution in [3.63, 3.8) is 0 Å². The van der Waals surface area contributed by atoms with Crippen LogP contribution in [-0.4, -0.2) is 23.5 Å². The molecular weight excluding hydrogens is 382 g/mol. The third-order valence-corrected chi connectivity index (χ3v) is 5.30. The van der Waals surface area contributed by atoms with Crippen molar-refractivity contribution >= 4 is 45.5 Å². The molecule has 0 fully saturated rings. The Bertz CT molecular complexity index is 862. The van der Waals surface area contributed by atoms with Crippen molar-refractivity contribution in [1.82, 2.24) is 5.32 Å². The topological polar surface area (TPSA) is 93.4 Å². The number of nitrogens with one attached hydrogen (secondary N) is 2. The van der Waals surface area contributed by atoms with Gasteiger partial charge >= 0.3 is 0 Å². The number of carbonyl (C=O) groups excluding carboxylic acids is 2.